The summed E-state index contributed by atoms with van der Waals surface area (Å²) in [6, 6.07) is 18.9. The molecule has 150 valence electrons. The Morgan fingerprint density at radius 3 is 1.63 bits per heavy atom. The van der Waals surface area contributed by atoms with E-state index < -0.39 is 11.7 Å². The summed E-state index contributed by atoms with van der Waals surface area (Å²) < 4.78 is 37.7. The minimum Gasteiger partial charge on any atom is -0.287 e. The van der Waals surface area contributed by atoms with Crippen LogP contribution in [0.3, 0.4) is 0 Å². The maximum Gasteiger partial charge on any atom is 0.416 e. The van der Waals surface area contributed by atoms with Crippen molar-refractivity contribution in [3.8, 4) is 11.8 Å². The molecule has 0 aliphatic carbocycles. The number of hydrogen-bond acceptors (Lipinski definition) is 4. The smallest absolute Gasteiger partial charge is 0.287 e. The number of nitrogens with zero attached hydrogens (tertiary/aromatic N) is 2. The quantitative estimate of drug-likeness (QED) is 0.254. The van der Waals surface area contributed by atoms with Crippen LogP contribution in [0.15, 0.2) is 87.9 Å². The topological polar surface area (TPSA) is 41.8 Å². The standard InChI is InChI=1S/C23H15F3N2OS/c1-16(29)30-22-14-6-18(7-15-22)3-2-17-4-10-20(11-5-17)27-28-21-12-8-19(9-13-21)23(24,25)26/h4-15H,1H3. The number of thioether (sulfide) groups is 1. The van der Waals surface area contributed by atoms with E-state index in [4.69, 9.17) is 0 Å². The molecule has 0 saturated carbocycles. The summed E-state index contributed by atoms with van der Waals surface area (Å²) in [4.78, 5) is 12.0. The Morgan fingerprint density at radius 2 is 1.20 bits per heavy atom. The van der Waals surface area contributed by atoms with Crippen molar-refractivity contribution in [1.82, 2.24) is 0 Å². The summed E-state index contributed by atoms with van der Waals surface area (Å²) in [6.45, 7) is 1.52. The Hall–Kier alpha value is -3.37. The van der Waals surface area contributed by atoms with Gasteiger partial charge in [-0.1, -0.05) is 23.6 Å². The second-order valence-electron chi connectivity index (χ2n) is 6.16. The number of hydrogen-bond donors (Lipinski definition) is 0. The lowest BCUT2D eigenvalue weighted by molar-refractivity contribution is -0.137. The van der Waals surface area contributed by atoms with Crippen molar-refractivity contribution in [2.24, 2.45) is 10.2 Å². The molecule has 0 N–H and O–H groups in total. The van der Waals surface area contributed by atoms with Crippen LogP contribution in [0, 0.1) is 11.8 Å². The minimum absolute atomic E-state index is 0.0318. The van der Waals surface area contributed by atoms with E-state index >= 15 is 0 Å². The molecular weight excluding hydrogens is 409 g/mol. The summed E-state index contributed by atoms with van der Waals surface area (Å²) in [7, 11) is 0. The van der Waals surface area contributed by atoms with Gasteiger partial charge in [0.25, 0.3) is 0 Å². The van der Waals surface area contributed by atoms with Gasteiger partial charge in [-0.05, 0) is 72.8 Å². The van der Waals surface area contributed by atoms with Gasteiger partial charge in [0.2, 0.25) is 0 Å². The first kappa shape index (κ1) is 21.3. The van der Waals surface area contributed by atoms with Crippen LogP contribution in [0.25, 0.3) is 0 Å². The number of benzene rings is 3. The van der Waals surface area contributed by atoms with Crippen LogP contribution in [-0.4, -0.2) is 5.12 Å². The number of rotatable bonds is 3. The molecular formula is C23H15F3N2OS. The van der Waals surface area contributed by atoms with Crippen LogP contribution < -0.4 is 0 Å². The Morgan fingerprint density at radius 1 is 0.767 bits per heavy atom. The van der Waals surface area contributed by atoms with Crippen LogP contribution in [-0.2, 0) is 11.0 Å². The fourth-order valence-corrected chi connectivity index (χ4v) is 2.96. The lowest BCUT2D eigenvalue weighted by Gasteiger charge is -2.05. The average Bonchev–Trinajstić information content (AvgIpc) is 2.72. The molecule has 3 aromatic rings. The van der Waals surface area contributed by atoms with E-state index in [1.807, 2.05) is 24.3 Å². The Labute approximate surface area is 176 Å². The Kier molecular flexibility index (Phi) is 6.70. The third-order valence-electron chi connectivity index (χ3n) is 3.81. The number of halogens is 3. The molecule has 30 heavy (non-hydrogen) atoms. The second-order valence-corrected chi connectivity index (χ2v) is 7.41. The van der Waals surface area contributed by atoms with Gasteiger partial charge in [0.05, 0.1) is 16.9 Å². The summed E-state index contributed by atoms with van der Waals surface area (Å²) in [5.41, 5.74) is 1.78. The van der Waals surface area contributed by atoms with Crippen molar-refractivity contribution in [3.05, 3.63) is 89.5 Å². The van der Waals surface area contributed by atoms with E-state index in [1.165, 1.54) is 30.8 Å². The van der Waals surface area contributed by atoms with E-state index in [-0.39, 0.29) is 5.12 Å². The van der Waals surface area contributed by atoms with Crippen LogP contribution in [0.1, 0.15) is 23.6 Å². The number of carbonyl (C=O) groups is 1. The van der Waals surface area contributed by atoms with Crippen molar-refractivity contribution in [2.75, 3.05) is 0 Å². The van der Waals surface area contributed by atoms with Crippen molar-refractivity contribution in [3.63, 3.8) is 0 Å². The van der Waals surface area contributed by atoms with Gasteiger partial charge in [-0.3, -0.25) is 4.79 Å². The van der Waals surface area contributed by atoms with Crippen molar-refractivity contribution < 1.29 is 18.0 Å². The van der Waals surface area contributed by atoms with Gasteiger partial charge in [0.15, 0.2) is 5.12 Å². The molecule has 3 rings (SSSR count). The fourth-order valence-electron chi connectivity index (χ4n) is 2.36. The van der Waals surface area contributed by atoms with Gasteiger partial charge in [-0.2, -0.15) is 23.4 Å². The molecule has 0 amide bonds. The van der Waals surface area contributed by atoms with Crippen molar-refractivity contribution in [2.45, 2.75) is 18.0 Å². The molecule has 0 saturated heterocycles. The molecule has 0 radical (unpaired) electrons. The van der Waals surface area contributed by atoms with E-state index in [1.54, 1.807) is 24.3 Å². The van der Waals surface area contributed by atoms with Crippen molar-refractivity contribution >= 4 is 28.3 Å². The number of azo groups is 1. The van der Waals surface area contributed by atoms with Crippen LogP contribution >= 0.6 is 11.8 Å². The maximum atomic E-state index is 12.6. The zero-order chi connectivity index (χ0) is 21.6. The predicted octanol–water partition coefficient (Wildman–Crippen LogP) is 7.16. The monoisotopic (exact) mass is 424 g/mol. The maximum absolute atomic E-state index is 12.6. The third-order valence-corrected chi connectivity index (χ3v) is 4.61. The molecule has 0 heterocycles. The highest BCUT2D eigenvalue weighted by Crippen LogP contribution is 2.30. The highest BCUT2D eigenvalue weighted by Gasteiger charge is 2.29. The van der Waals surface area contributed by atoms with Crippen molar-refractivity contribution in [1.29, 1.82) is 0 Å². The predicted molar refractivity (Wildman–Crippen MR) is 111 cm³/mol. The van der Waals surface area contributed by atoms with Crippen LogP contribution in [0.4, 0.5) is 24.5 Å². The fraction of sp³-hybridized carbons (Fsp3) is 0.0870. The first-order valence-electron chi connectivity index (χ1n) is 8.79. The molecule has 3 aromatic carbocycles. The Balaban J connectivity index is 1.63. The summed E-state index contributed by atoms with van der Waals surface area (Å²) in [6.07, 6.45) is -4.37. The molecule has 0 fully saturated rings. The zero-order valence-electron chi connectivity index (χ0n) is 15.8. The van der Waals surface area contributed by atoms with Gasteiger partial charge in [-0.25, -0.2) is 0 Å². The lowest BCUT2D eigenvalue weighted by Crippen LogP contribution is -2.03. The molecule has 0 aliphatic rings. The lowest BCUT2D eigenvalue weighted by atomic mass is 10.2. The first-order valence-corrected chi connectivity index (χ1v) is 9.61. The zero-order valence-corrected chi connectivity index (χ0v) is 16.6. The van der Waals surface area contributed by atoms with Gasteiger partial charge in [0.1, 0.15) is 0 Å². The Bertz CT molecular complexity index is 1110. The van der Waals surface area contributed by atoms with E-state index in [9.17, 15) is 18.0 Å². The van der Waals surface area contributed by atoms with E-state index in [2.05, 4.69) is 22.1 Å². The highest BCUT2D eigenvalue weighted by atomic mass is 32.2. The van der Waals surface area contributed by atoms with Gasteiger partial charge < -0.3 is 0 Å². The van der Waals surface area contributed by atoms with Crippen LogP contribution in [0.5, 0.6) is 0 Å². The molecule has 0 unspecified atom stereocenters. The normalized spacial score (nSPS) is 11.2. The number of alkyl halides is 3. The molecule has 0 atom stereocenters. The SMILES string of the molecule is CC(=O)Sc1ccc(C#Cc2ccc(N=Nc3ccc(C(F)(F)F)cc3)cc2)cc1. The number of carbonyl (C=O) groups excluding carboxylic acids is 1. The van der Waals surface area contributed by atoms with Gasteiger partial charge in [-0.15, -0.1) is 0 Å². The molecule has 7 heteroatoms. The summed E-state index contributed by atoms with van der Waals surface area (Å²) in [5, 5.41) is 8.01. The molecule has 0 bridgehead atoms. The third kappa shape index (κ3) is 6.33. The van der Waals surface area contributed by atoms with Gasteiger partial charge in [0, 0.05) is 22.9 Å². The summed E-state index contributed by atoms with van der Waals surface area (Å²) in [5.74, 6) is 6.09. The van der Waals surface area contributed by atoms with E-state index in [0.717, 1.165) is 28.2 Å². The first-order chi connectivity index (χ1) is 14.3. The molecule has 3 nitrogen and oxygen atoms in total. The molecule has 0 aromatic heterocycles. The van der Waals surface area contributed by atoms with Crippen LogP contribution in [0.2, 0.25) is 0 Å². The second kappa shape index (κ2) is 9.42. The van der Waals surface area contributed by atoms with E-state index in [0.29, 0.717) is 11.4 Å². The minimum atomic E-state index is -4.37. The largest absolute Gasteiger partial charge is 0.416 e. The van der Waals surface area contributed by atoms with Gasteiger partial charge >= 0.3 is 6.18 Å². The average molecular weight is 424 g/mol. The molecule has 0 aliphatic heterocycles. The highest BCUT2D eigenvalue weighted by molar-refractivity contribution is 8.13. The summed E-state index contributed by atoms with van der Waals surface area (Å²) >= 11 is 1.17. The molecule has 0 spiro atoms.